The summed E-state index contributed by atoms with van der Waals surface area (Å²) >= 11 is 0. The molecule has 0 heterocycles. The molecule has 2 aliphatic rings. The zero-order chi connectivity index (χ0) is 10.1. The first-order valence-electron chi connectivity index (χ1n) is 4.11. The van der Waals surface area contributed by atoms with Crippen LogP contribution in [0.25, 0.3) is 11.1 Å². The Balaban J connectivity index is 2.66. The van der Waals surface area contributed by atoms with Crippen LogP contribution in [0.1, 0.15) is 0 Å². The van der Waals surface area contributed by atoms with Crippen LogP contribution in [0.4, 0.5) is 11.4 Å². The van der Waals surface area contributed by atoms with Gasteiger partial charge in [-0.1, -0.05) is 18.2 Å². The SMILES string of the molecule is Nc1ccc2cc([N+](=O)[O-])cccc1-2. The van der Waals surface area contributed by atoms with Crippen molar-refractivity contribution in [3.63, 3.8) is 0 Å². The van der Waals surface area contributed by atoms with Gasteiger partial charge in [-0.05, 0) is 11.6 Å². The third-order valence-electron chi connectivity index (χ3n) is 2.11. The van der Waals surface area contributed by atoms with Crippen LogP contribution < -0.4 is 5.73 Å². The molecule has 0 aromatic heterocycles. The summed E-state index contributed by atoms with van der Waals surface area (Å²) in [5.74, 6) is 0. The van der Waals surface area contributed by atoms with E-state index in [9.17, 15) is 10.1 Å². The Morgan fingerprint density at radius 3 is 2.71 bits per heavy atom. The average Bonchev–Trinajstić information content (AvgIpc) is 2.40. The maximum Gasteiger partial charge on any atom is 0.270 e. The van der Waals surface area contributed by atoms with Crippen LogP contribution in [0.2, 0.25) is 0 Å². The molecule has 0 aromatic rings. The van der Waals surface area contributed by atoms with Gasteiger partial charge in [-0.3, -0.25) is 10.1 Å². The van der Waals surface area contributed by atoms with Crippen molar-refractivity contribution in [1.82, 2.24) is 0 Å². The molecule has 0 saturated carbocycles. The van der Waals surface area contributed by atoms with Crippen LogP contribution in [-0.2, 0) is 0 Å². The minimum absolute atomic E-state index is 0.0746. The van der Waals surface area contributed by atoms with Crippen molar-refractivity contribution >= 4 is 11.4 Å². The van der Waals surface area contributed by atoms with Gasteiger partial charge in [-0.25, -0.2) is 0 Å². The fourth-order valence-electron chi connectivity index (χ4n) is 1.41. The second kappa shape index (κ2) is 2.99. The molecular weight excluding hydrogens is 180 g/mol. The summed E-state index contributed by atoms with van der Waals surface area (Å²) in [5, 5.41) is 10.6. The van der Waals surface area contributed by atoms with E-state index >= 15 is 0 Å². The maximum absolute atomic E-state index is 10.6. The molecule has 0 saturated heterocycles. The monoisotopic (exact) mass is 188 g/mol. The van der Waals surface area contributed by atoms with Crippen molar-refractivity contribution in [3.05, 3.63) is 46.5 Å². The third kappa shape index (κ3) is 1.26. The quantitative estimate of drug-likeness (QED) is 0.551. The molecule has 2 rings (SSSR count). The van der Waals surface area contributed by atoms with Crippen molar-refractivity contribution < 1.29 is 4.92 Å². The lowest BCUT2D eigenvalue weighted by Crippen LogP contribution is -1.84. The molecule has 0 aliphatic heterocycles. The molecule has 2 aliphatic carbocycles. The van der Waals surface area contributed by atoms with E-state index in [1.165, 1.54) is 12.1 Å². The smallest absolute Gasteiger partial charge is 0.270 e. The Kier molecular flexibility index (Phi) is 1.81. The van der Waals surface area contributed by atoms with Crippen LogP contribution >= 0.6 is 0 Å². The van der Waals surface area contributed by atoms with Crippen molar-refractivity contribution in [2.24, 2.45) is 0 Å². The topological polar surface area (TPSA) is 69.2 Å². The summed E-state index contributed by atoms with van der Waals surface area (Å²) in [5.41, 5.74) is 8.04. The number of anilines is 1. The number of hydrogen-bond donors (Lipinski definition) is 1. The fourth-order valence-corrected chi connectivity index (χ4v) is 1.41. The summed E-state index contributed by atoms with van der Waals surface area (Å²) in [6, 6.07) is 9.91. The Morgan fingerprint density at radius 2 is 2.00 bits per heavy atom. The van der Waals surface area contributed by atoms with Gasteiger partial charge in [0, 0.05) is 23.4 Å². The van der Waals surface area contributed by atoms with Gasteiger partial charge in [0.25, 0.3) is 5.69 Å². The minimum atomic E-state index is -0.414. The van der Waals surface area contributed by atoms with Gasteiger partial charge in [-0.2, -0.15) is 0 Å². The van der Waals surface area contributed by atoms with E-state index in [-0.39, 0.29) is 5.69 Å². The first-order chi connectivity index (χ1) is 6.68. The summed E-state index contributed by atoms with van der Waals surface area (Å²) in [7, 11) is 0. The van der Waals surface area contributed by atoms with Crippen molar-refractivity contribution in [2.45, 2.75) is 0 Å². The second-order valence-corrected chi connectivity index (χ2v) is 3.01. The van der Waals surface area contributed by atoms with Gasteiger partial charge in [0.2, 0.25) is 0 Å². The lowest BCUT2D eigenvalue weighted by Gasteiger charge is -1.92. The van der Waals surface area contributed by atoms with E-state index in [1.54, 1.807) is 24.3 Å². The van der Waals surface area contributed by atoms with E-state index in [1.807, 2.05) is 0 Å². The van der Waals surface area contributed by atoms with Crippen LogP contribution in [0, 0.1) is 10.1 Å². The van der Waals surface area contributed by atoms with Gasteiger partial charge >= 0.3 is 0 Å². The Hall–Kier alpha value is -2.10. The predicted molar refractivity (Wildman–Crippen MR) is 54.1 cm³/mol. The maximum atomic E-state index is 10.6. The van der Waals surface area contributed by atoms with Crippen LogP contribution in [0.3, 0.4) is 0 Å². The van der Waals surface area contributed by atoms with Crippen molar-refractivity contribution in [3.8, 4) is 11.1 Å². The molecule has 4 nitrogen and oxygen atoms in total. The number of nitro groups is 1. The normalized spacial score (nSPS) is 10.3. The van der Waals surface area contributed by atoms with Gasteiger partial charge < -0.3 is 5.73 Å². The largest absolute Gasteiger partial charge is 0.398 e. The number of fused-ring (bicyclic) bond motifs is 1. The first kappa shape index (κ1) is 8.50. The Morgan fingerprint density at radius 1 is 1.21 bits per heavy atom. The summed E-state index contributed by atoms with van der Waals surface area (Å²) in [4.78, 5) is 10.2. The van der Waals surface area contributed by atoms with Gasteiger partial charge in [-0.15, -0.1) is 0 Å². The summed E-state index contributed by atoms with van der Waals surface area (Å²) in [6.07, 6.45) is 0. The van der Waals surface area contributed by atoms with Crippen LogP contribution in [-0.4, -0.2) is 4.92 Å². The number of rotatable bonds is 1. The lowest BCUT2D eigenvalue weighted by atomic mass is 10.2. The average molecular weight is 188 g/mol. The molecule has 0 atom stereocenters. The third-order valence-corrected chi connectivity index (χ3v) is 2.11. The van der Waals surface area contributed by atoms with Crippen LogP contribution in [0.15, 0.2) is 36.4 Å². The highest BCUT2D eigenvalue weighted by Gasteiger charge is 2.10. The zero-order valence-electron chi connectivity index (χ0n) is 7.31. The molecule has 0 amide bonds. The molecule has 0 aromatic carbocycles. The summed E-state index contributed by atoms with van der Waals surface area (Å²) < 4.78 is 0. The Labute approximate surface area is 80.5 Å². The van der Waals surface area contributed by atoms with Gasteiger partial charge in [0.1, 0.15) is 0 Å². The molecule has 70 valence electrons. The molecule has 14 heavy (non-hydrogen) atoms. The molecule has 2 N–H and O–H groups in total. The predicted octanol–water partition coefficient (Wildman–Crippen LogP) is 2.28. The van der Waals surface area contributed by atoms with E-state index in [0.717, 1.165) is 11.1 Å². The molecule has 0 spiro atoms. The second-order valence-electron chi connectivity index (χ2n) is 3.01. The number of nitrogens with zero attached hydrogens (tertiary/aromatic N) is 1. The highest BCUT2D eigenvalue weighted by atomic mass is 16.6. The van der Waals surface area contributed by atoms with E-state index in [0.29, 0.717) is 5.69 Å². The van der Waals surface area contributed by atoms with E-state index in [2.05, 4.69) is 0 Å². The lowest BCUT2D eigenvalue weighted by molar-refractivity contribution is -0.384. The molecule has 0 radical (unpaired) electrons. The summed E-state index contributed by atoms with van der Waals surface area (Å²) in [6.45, 7) is 0. The highest BCUT2D eigenvalue weighted by molar-refractivity contribution is 5.80. The molecule has 0 fully saturated rings. The van der Waals surface area contributed by atoms with E-state index in [4.69, 9.17) is 5.73 Å². The zero-order valence-corrected chi connectivity index (χ0v) is 7.31. The van der Waals surface area contributed by atoms with Crippen molar-refractivity contribution in [1.29, 1.82) is 0 Å². The van der Waals surface area contributed by atoms with Gasteiger partial charge in [0.15, 0.2) is 0 Å². The van der Waals surface area contributed by atoms with E-state index < -0.39 is 4.92 Å². The molecular formula is C10H8N2O2. The Bertz CT molecular complexity index is 468. The number of hydrogen-bond acceptors (Lipinski definition) is 3. The highest BCUT2D eigenvalue weighted by Crippen LogP contribution is 2.31. The minimum Gasteiger partial charge on any atom is -0.398 e. The molecule has 0 bridgehead atoms. The number of nitrogen functional groups attached to an aromatic ring is 1. The molecule has 0 unspecified atom stereocenters. The molecule has 4 heteroatoms. The van der Waals surface area contributed by atoms with Crippen LogP contribution in [0.5, 0.6) is 0 Å². The number of nitrogens with two attached hydrogens (primary N) is 1. The van der Waals surface area contributed by atoms with Gasteiger partial charge in [0.05, 0.1) is 4.92 Å². The first-order valence-corrected chi connectivity index (χ1v) is 4.11. The fraction of sp³-hybridized carbons (Fsp3) is 0. The standard InChI is InChI=1S/C10H8N2O2/c11-10-5-4-7-6-8(12(13)14)2-1-3-9(7)10/h1-6H,11H2. The van der Waals surface area contributed by atoms with Crippen molar-refractivity contribution in [2.75, 3.05) is 5.73 Å².